The van der Waals surface area contributed by atoms with Gasteiger partial charge in [0, 0.05) is 18.0 Å². The Labute approximate surface area is 171 Å². The first kappa shape index (κ1) is 20.8. The van der Waals surface area contributed by atoms with E-state index < -0.39 is 10.0 Å². The molecule has 0 bridgehead atoms. The average molecular weight is 421 g/mol. The van der Waals surface area contributed by atoms with Crippen molar-refractivity contribution in [3.63, 3.8) is 0 Å². The number of carbonyl (C=O) groups excluding carboxylic acids is 1. The zero-order valence-electron chi connectivity index (χ0n) is 16.0. The van der Waals surface area contributed by atoms with Crippen LogP contribution in [-0.4, -0.2) is 20.9 Å². The van der Waals surface area contributed by atoms with Crippen molar-refractivity contribution in [3.8, 4) is 0 Å². The van der Waals surface area contributed by atoms with Crippen molar-refractivity contribution in [1.29, 1.82) is 0 Å². The van der Waals surface area contributed by atoms with Crippen molar-refractivity contribution in [2.75, 3.05) is 6.54 Å². The number of halogens is 1. The van der Waals surface area contributed by atoms with E-state index in [2.05, 4.69) is 10.0 Å². The Morgan fingerprint density at radius 1 is 1.14 bits per heavy atom. The number of sulfonamides is 1. The molecule has 1 aliphatic rings. The first-order valence-corrected chi connectivity index (χ1v) is 11.2. The Morgan fingerprint density at radius 2 is 1.82 bits per heavy atom. The van der Waals surface area contributed by atoms with Crippen molar-refractivity contribution < 1.29 is 13.2 Å². The molecule has 0 aromatic heterocycles. The highest BCUT2D eigenvalue weighted by Crippen LogP contribution is 2.41. The molecule has 2 aromatic rings. The second-order valence-electron chi connectivity index (χ2n) is 7.35. The largest absolute Gasteiger partial charge is 0.349 e. The van der Waals surface area contributed by atoms with Gasteiger partial charge in [0.05, 0.1) is 10.9 Å². The monoisotopic (exact) mass is 420 g/mol. The molecule has 5 nitrogen and oxygen atoms in total. The SMILES string of the molecule is Cc1ccc(C)c(S(=O)(=O)NCCC(=O)NC(c2ccc(Cl)cc2)C2CC2)c1. The lowest BCUT2D eigenvalue weighted by atomic mass is 10.0. The van der Waals surface area contributed by atoms with Gasteiger partial charge in [-0.1, -0.05) is 35.9 Å². The van der Waals surface area contributed by atoms with Gasteiger partial charge in [0.25, 0.3) is 0 Å². The molecular weight excluding hydrogens is 396 g/mol. The molecule has 1 unspecified atom stereocenters. The Balaban J connectivity index is 1.57. The maximum absolute atomic E-state index is 12.5. The molecule has 1 fully saturated rings. The van der Waals surface area contributed by atoms with Crippen LogP contribution in [0.3, 0.4) is 0 Å². The highest BCUT2D eigenvalue weighted by atomic mass is 35.5. The lowest BCUT2D eigenvalue weighted by Gasteiger charge is -2.19. The van der Waals surface area contributed by atoms with Gasteiger partial charge < -0.3 is 5.32 Å². The van der Waals surface area contributed by atoms with Crippen LogP contribution in [0.25, 0.3) is 0 Å². The zero-order valence-corrected chi connectivity index (χ0v) is 17.6. The van der Waals surface area contributed by atoms with Crippen molar-refractivity contribution in [2.24, 2.45) is 5.92 Å². The van der Waals surface area contributed by atoms with Crippen molar-refractivity contribution in [3.05, 3.63) is 64.2 Å². The maximum Gasteiger partial charge on any atom is 0.240 e. The molecule has 1 saturated carbocycles. The minimum atomic E-state index is -3.64. The summed E-state index contributed by atoms with van der Waals surface area (Å²) in [4.78, 5) is 12.7. The Morgan fingerprint density at radius 3 is 2.46 bits per heavy atom. The lowest BCUT2D eigenvalue weighted by Crippen LogP contribution is -2.34. The minimum Gasteiger partial charge on any atom is -0.349 e. The van der Waals surface area contributed by atoms with Crippen LogP contribution in [0.5, 0.6) is 0 Å². The first-order chi connectivity index (χ1) is 13.3. The average Bonchev–Trinajstić information content (AvgIpc) is 3.47. The van der Waals surface area contributed by atoms with E-state index in [-0.39, 0.29) is 29.8 Å². The van der Waals surface area contributed by atoms with Gasteiger partial charge >= 0.3 is 0 Å². The predicted octanol–water partition coefficient (Wildman–Crippen LogP) is 3.89. The number of rotatable bonds is 8. The number of carbonyl (C=O) groups is 1. The van der Waals surface area contributed by atoms with E-state index in [1.165, 1.54) is 0 Å². The van der Waals surface area contributed by atoms with Crippen LogP contribution in [0.4, 0.5) is 0 Å². The Kier molecular flexibility index (Phi) is 6.43. The normalized spacial score (nSPS) is 15.2. The fourth-order valence-corrected chi connectivity index (χ4v) is 4.68. The van der Waals surface area contributed by atoms with E-state index in [9.17, 15) is 13.2 Å². The third-order valence-corrected chi connectivity index (χ3v) is 6.77. The molecule has 0 saturated heterocycles. The van der Waals surface area contributed by atoms with Gasteiger partial charge in [0.1, 0.15) is 0 Å². The van der Waals surface area contributed by atoms with E-state index in [0.717, 1.165) is 24.0 Å². The van der Waals surface area contributed by atoms with E-state index in [0.29, 0.717) is 16.5 Å². The fourth-order valence-electron chi connectivity index (χ4n) is 3.19. The third kappa shape index (κ3) is 5.34. The number of nitrogens with one attached hydrogen (secondary N) is 2. The molecule has 7 heteroatoms. The molecule has 1 atom stereocenters. The maximum atomic E-state index is 12.5. The molecule has 150 valence electrons. The second-order valence-corrected chi connectivity index (χ2v) is 9.52. The molecular formula is C21H25ClN2O3S. The summed E-state index contributed by atoms with van der Waals surface area (Å²) in [6.07, 6.45) is 2.24. The summed E-state index contributed by atoms with van der Waals surface area (Å²) in [6.45, 7) is 3.66. The summed E-state index contributed by atoms with van der Waals surface area (Å²) in [5, 5.41) is 3.70. The molecule has 0 radical (unpaired) electrons. The van der Waals surface area contributed by atoms with Gasteiger partial charge in [-0.15, -0.1) is 0 Å². The van der Waals surface area contributed by atoms with Gasteiger partial charge in [-0.2, -0.15) is 0 Å². The smallest absolute Gasteiger partial charge is 0.240 e. The predicted molar refractivity (Wildman–Crippen MR) is 111 cm³/mol. The summed E-state index contributed by atoms with van der Waals surface area (Å²) in [7, 11) is -3.64. The van der Waals surface area contributed by atoms with E-state index >= 15 is 0 Å². The molecule has 1 aliphatic carbocycles. The molecule has 2 N–H and O–H groups in total. The van der Waals surface area contributed by atoms with Gasteiger partial charge in [-0.25, -0.2) is 13.1 Å². The number of aryl methyl sites for hydroxylation is 2. The van der Waals surface area contributed by atoms with Crippen LogP contribution >= 0.6 is 11.6 Å². The van der Waals surface area contributed by atoms with E-state index in [1.54, 1.807) is 19.1 Å². The highest BCUT2D eigenvalue weighted by molar-refractivity contribution is 7.89. The molecule has 28 heavy (non-hydrogen) atoms. The van der Waals surface area contributed by atoms with E-state index in [4.69, 9.17) is 11.6 Å². The van der Waals surface area contributed by atoms with Gasteiger partial charge in [0.15, 0.2) is 0 Å². The summed E-state index contributed by atoms with van der Waals surface area (Å²) < 4.78 is 27.6. The molecule has 0 spiro atoms. The van der Waals surface area contributed by atoms with Crippen molar-refractivity contribution >= 4 is 27.5 Å². The molecule has 3 rings (SSSR count). The van der Waals surface area contributed by atoms with Gasteiger partial charge in [-0.05, 0) is 67.5 Å². The lowest BCUT2D eigenvalue weighted by molar-refractivity contribution is -0.121. The second kappa shape index (κ2) is 8.64. The highest BCUT2D eigenvalue weighted by Gasteiger charge is 2.33. The fraction of sp³-hybridized carbons (Fsp3) is 0.381. The van der Waals surface area contributed by atoms with Crippen LogP contribution in [0, 0.1) is 19.8 Å². The van der Waals surface area contributed by atoms with Crippen LogP contribution in [0.2, 0.25) is 5.02 Å². The van der Waals surface area contributed by atoms with Gasteiger partial charge in [0.2, 0.25) is 15.9 Å². The molecule has 1 amide bonds. The quantitative estimate of drug-likeness (QED) is 0.680. The number of hydrogen-bond donors (Lipinski definition) is 2. The number of benzene rings is 2. The number of hydrogen-bond acceptors (Lipinski definition) is 3. The topological polar surface area (TPSA) is 75.3 Å². The van der Waals surface area contributed by atoms with Crippen LogP contribution in [0.1, 0.15) is 42.0 Å². The minimum absolute atomic E-state index is 0.0551. The molecule has 2 aromatic carbocycles. The summed E-state index contributed by atoms with van der Waals surface area (Å²) in [6, 6.07) is 12.7. The number of amides is 1. The van der Waals surface area contributed by atoms with Crippen molar-refractivity contribution in [2.45, 2.75) is 44.0 Å². The van der Waals surface area contributed by atoms with Crippen LogP contribution in [0.15, 0.2) is 47.4 Å². The zero-order chi connectivity index (χ0) is 20.3. The molecule has 0 heterocycles. The first-order valence-electron chi connectivity index (χ1n) is 9.38. The summed E-state index contributed by atoms with van der Waals surface area (Å²) >= 11 is 5.95. The van der Waals surface area contributed by atoms with Crippen molar-refractivity contribution in [1.82, 2.24) is 10.0 Å². The molecule has 0 aliphatic heterocycles. The van der Waals surface area contributed by atoms with Crippen LogP contribution in [-0.2, 0) is 14.8 Å². The Bertz CT molecular complexity index is 954. The standard InChI is InChI=1S/C21H25ClN2O3S/c1-14-3-4-15(2)19(13-14)28(26,27)23-12-11-20(25)24-21(16-5-6-16)17-7-9-18(22)10-8-17/h3-4,7-10,13,16,21,23H,5-6,11-12H2,1-2H3,(H,24,25). The third-order valence-electron chi connectivity index (χ3n) is 4.92. The van der Waals surface area contributed by atoms with E-state index in [1.807, 2.05) is 37.3 Å². The summed E-state index contributed by atoms with van der Waals surface area (Å²) in [5.74, 6) is 0.257. The summed E-state index contributed by atoms with van der Waals surface area (Å²) in [5.41, 5.74) is 2.58. The Hall–Kier alpha value is -1.89. The van der Waals surface area contributed by atoms with Crippen LogP contribution < -0.4 is 10.0 Å². The van der Waals surface area contributed by atoms with Gasteiger partial charge in [-0.3, -0.25) is 4.79 Å².